The SMILES string of the molecule is Cc1c(Cl)cccc1-n1ccc(CNCC(C)C)n1. The van der Waals surface area contributed by atoms with Crippen LogP contribution in [0.15, 0.2) is 30.5 Å². The topological polar surface area (TPSA) is 29.9 Å². The van der Waals surface area contributed by atoms with Crippen LogP contribution in [-0.4, -0.2) is 16.3 Å². The summed E-state index contributed by atoms with van der Waals surface area (Å²) in [4.78, 5) is 0. The third-order valence-electron chi connectivity index (χ3n) is 2.99. The Morgan fingerprint density at radius 3 is 2.84 bits per heavy atom. The second kappa shape index (κ2) is 6.22. The zero-order valence-corrected chi connectivity index (χ0v) is 12.4. The van der Waals surface area contributed by atoms with Gasteiger partial charge in [0.05, 0.1) is 11.4 Å². The van der Waals surface area contributed by atoms with E-state index in [1.807, 2.05) is 42.1 Å². The molecule has 102 valence electrons. The summed E-state index contributed by atoms with van der Waals surface area (Å²) in [6.45, 7) is 8.20. The molecule has 0 aliphatic heterocycles. The maximum absolute atomic E-state index is 6.14. The minimum atomic E-state index is 0.650. The first-order valence-corrected chi connectivity index (χ1v) is 6.96. The minimum Gasteiger partial charge on any atom is -0.311 e. The molecule has 0 amide bonds. The van der Waals surface area contributed by atoms with E-state index in [0.717, 1.165) is 35.1 Å². The van der Waals surface area contributed by atoms with E-state index in [0.29, 0.717) is 5.92 Å². The van der Waals surface area contributed by atoms with Crippen molar-refractivity contribution >= 4 is 11.6 Å². The maximum Gasteiger partial charge on any atom is 0.0766 e. The number of hydrogen-bond acceptors (Lipinski definition) is 2. The Bertz CT molecular complexity index is 546. The van der Waals surface area contributed by atoms with Crippen LogP contribution in [0.1, 0.15) is 25.1 Å². The second-order valence-corrected chi connectivity index (χ2v) is 5.57. The number of benzene rings is 1. The van der Waals surface area contributed by atoms with Crippen LogP contribution in [0.25, 0.3) is 5.69 Å². The largest absolute Gasteiger partial charge is 0.311 e. The number of nitrogens with one attached hydrogen (secondary N) is 1. The third-order valence-corrected chi connectivity index (χ3v) is 3.40. The van der Waals surface area contributed by atoms with Crippen LogP contribution >= 0.6 is 11.6 Å². The fourth-order valence-corrected chi connectivity index (χ4v) is 2.09. The van der Waals surface area contributed by atoms with E-state index in [2.05, 4.69) is 24.3 Å². The quantitative estimate of drug-likeness (QED) is 0.905. The molecular weight excluding hydrogens is 258 g/mol. The first kappa shape index (κ1) is 14.1. The van der Waals surface area contributed by atoms with Crippen molar-refractivity contribution in [2.24, 2.45) is 5.92 Å². The van der Waals surface area contributed by atoms with Crippen LogP contribution < -0.4 is 5.32 Å². The lowest BCUT2D eigenvalue weighted by Gasteiger charge is -2.07. The van der Waals surface area contributed by atoms with Gasteiger partial charge in [0.15, 0.2) is 0 Å². The molecule has 1 aromatic carbocycles. The van der Waals surface area contributed by atoms with Crippen molar-refractivity contribution in [2.45, 2.75) is 27.3 Å². The van der Waals surface area contributed by atoms with Gasteiger partial charge in [-0.15, -0.1) is 0 Å². The van der Waals surface area contributed by atoms with Crippen LogP contribution in [0.4, 0.5) is 0 Å². The molecule has 0 fully saturated rings. The minimum absolute atomic E-state index is 0.650. The zero-order chi connectivity index (χ0) is 13.8. The molecule has 0 spiro atoms. The lowest BCUT2D eigenvalue weighted by Crippen LogP contribution is -2.19. The lowest BCUT2D eigenvalue weighted by atomic mass is 10.2. The van der Waals surface area contributed by atoms with Gasteiger partial charge < -0.3 is 5.32 Å². The van der Waals surface area contributed by atoms with E-state index in [1.54, 1.807) is 0 Å². The molecule has 19 heavy (non-hydrogen) atoms. The molecule has 3 nitrogen and oxygen atoms in total. The Hall–Kier alpha value is -1.32. The standard InChI is InChI=1S/C15H20ClN3/c1-11(2)9-17-10-13-7-8-19(18-13)15-6-4-5-14(16)12(15)3/h4-8,11,17H,9-10H2,1-3H3. The molecule has 1 aromatic heterocycles. The summed E-state index contributed by atoms with van der Waals surface area (Å²) in [5.74, 6) is 0.650. The van der Waals surface area contributed by atoms with Crippen molar-refractivity contribution in [3.8, 4) is 5.69 Å². The smallest absolute Gasteiger partial charge is 0.0766 e. The molecule has 1 heterocycles. The van der Waals surface area contributed by atoms with Gasteiger partial charge in [0.2, 0.25) is 0 Å². The van der Waals surface area contributed by atoms with Crippen molar-refractivity contribution < 1.29 is 0 Å². The molecule has 0 aliphatic rings. The predicted octanol–water partition coefficient (Wildman–Crippen LogP) is 3.58. The molecule has 0 aliphatic carbocycles. The maximum atomic E-state index is 6.14. The van der Waals surface area contributed by atoms with Crippen molar-refractivity contribution in [2.75, 3.05) is 6.54 Å². The van der Waals surface area contributed by atoms with Crippen molar-refractivity contribution in [3.63, 3.8) is 0 Å². The van der Waals surface area contributed by atoms with Gasteiger partial charge in [-0.1, -0.05) is 31.5 Å². The van der Waals surface area contributed by atoms with Gasteiger partial charge in [-0.05, 0) is 43.1 Å². The number of rotatable bonds is 5. The molecule has 0 atom stereocenters. The van der Waals surface area contributed by atoms with Crippen LogP contribution in [0.2, 0.25) is 5.02 Å². The average molecular weight is 278 g/mol. The Kier molecular flexibility index (Phi) is 4.61. The zero-order valence-electron chi connectivity index (χ0n) is 11.7. The van der Waals surface area contributed by atoms with E-state index in [4.69, 9.17) is 11.6 Å². The molecular formula is C15H20ClN3. The van der Waals surface area contributed by atoms with Crippen LogP contribution in [0.5, 0.6) is 0 Å². The van der Waals surface area contributed by atoms with Crippen molar-refractivity contribution in [1.29, 1.82) is 0 Å². The number of halogens is 1. The Labute approximate surface area is 119 Å². The average Bonchev–Trinajstić information content (AvgIpc) is 2.81. The van der Waals surface area contributed by atoms with Crippen molar-refractivity contribution in [3.05, 3.63) is 46.7 Å². The van der Waals surface area contributed by atoms with E-state index < -0.39 is 0 Å². The highest BCUT2D eigenvalue weighted by atomic mass is 35.5. The number of hydrogen-bond donors (Lipinski definition) is 1. The van der Waals surface area contributed by atoms with E-state index in [1.165, 1.54) is 0 Å². The van der Waals surface area contributed by atoms with E-state index in [-0.39, 0.29) is 0 Å². The van der Waals surface area contributed by atoms with Crippen LogP contribution in [0, 0.1) is 12.8 Å². The van der Waals surface area contributed by atoms with Gasteiger partial charge in [0.1, 0.15) is 0 Å². The van der Waals surface area contributed by atoms with Gasteiger partial charge in [-0.3, -0.25) is 0 Å². The Morgan fingerprint density at radius 2 is 2.11 bits per heavy atom. The van der Waals surface area contributed by atoms with Crippen LogP contribution in [-0.2, 0) is 6.54 Å². The summed E-state index contributed by atoms with van der Waals surface area (Å²) in [6, 6.07) is 7.91. The van der Waals surface area contributed by atoms with Gasteiger partial charge in [0, 0.05) is 17.8 Å². The molecule has 0 radical (unpaired) electrons. The van der Waals surface area contributed by atoms with Gasteiger partial charge in [-0.2, -0.15) is 5.10 Å². The molecule has 2 aromatic rings. The summed E-state index contributed by atoms with van der Waals surface area (Å²) in [5, 5.41) is 8.74. The Morgan fingerprint density at radius 1 is 1.32 bits per heavy atom. The molecule has 2 rings (SSSR count). The molecule has 0 bridgehead atoms. The summed E-state index contributed by atoms with van der Waals surface area (Å²) in [5.41, 5.74) is 3.12. The molecule has 0 saturated carbocycles. The first-order chi connectivity index (χ1) is 9.08. The highest BCUT2D eigenvalue weighted by Crippen LogP contribution is 2.21. The van der Waals surface area contributed by atoms with Gasteiger partial charge >= 0.3 is 0 Å². The summed E-state index contributed by atoms with van der Waals surface area (Å²) in [6.07, 6.45) is 1.98. The normalized spacial score (nSPS) is 11.2. The van der Waals surface area contributed by atoms with Crippen molar-refractivity contribution in [1.82, 2.24) is 15.1 Å². The van der Waals surface area contributed by atoms with Gasteiger partial charge in [-0.25, -0.2) is 4.68 Å². The van der Waals surface area contributed by atoms with Gasteiger partial charge in [0.25, 0.3) is 0 Å². The molecule has 1 N–H and O–H groups in total. The molecule has 0 unspecified atom stereocenters. The first-order valence-electron chi connectivity index (χ1n) is 6.58. The predicted molar refractivity (Wildman–Crippen MR) is 79.9 cm³/mol. The number of nitrogens with zero attached hydrogens (tertiary/aromatic N) is 2. The van der Waals surface area contributed by atoms with Crippen LogP contribution in [0.3, 0.4) is 0 Å². The highest BCUT2D eigenvalue weighted by Gasteiger charge is 2.06. The second-order valence-electron chi connectivity index (χ2n) is 5.16. The summed E-state index contributed by atoms with van der Waals surface area (Å²) in [7, 11) is 0. The number of aromatic nitrogens is 2. The van der Waals surface area contributed by atoms with E-state index >= 15 is 0 Å². The van der Waals surface area contributed by atoms with E-state index in [9.17, 15) is 0 Å². The summed E-state index contributed by atoms with van der Waals surface area (Å²) < 4.78 is 1.88. The fourth-order valence-electron chi connectivity index (χ4n) is 1.92. The Balaban J connectivity index is 2.10. The summed E-state index contributed by atoms with van der Waals surface area (Å²) >= 11 is 6.14. The fraction of sp³-hybridized carbons (Fsp3) is 0.400. The monoisotopic (exact) mass is 277 g/mol. The highest BCUT2D eigenvalue weighted by molar-refractivity contribution is 6.31. The molecule has 0 saturated heterocycles. The third kappa shape index (κ3) is 3.58. The molecule has 4 heteroatoms. The lowest BCUT2D eigenvalue weighted by molar-refractivity contribution is 0.546.